The second-order valence-electron chi connectivity index (χ2n) is 5.70. The summed E-state index contributed by atoms with van der Waals surface area (Å²) in [6.45, 7) is 5.36. The number of carboxylic acids is 1. The molecule has 1 aromatic carbocycles. The van der Waals surface area contributed by atoms with E-state index in [1.165, 1.54) is 0 Å². The lowest BCUT2D eigenvalue weighted by atomic mass is 9.84. The third-order valence-corrected chi connectivity index (χ3v) is 4.45. The Kier molecular flexibility index (Phi) is 6.07. The summed E-state index contributed by atoms with van der Waals surface area (Å²) in [5.41, 5.74) is 0. The van der Waals surface area contributed by atoms with E-state index in [9.17, 15) is 9.90 Å². The Morgan fingerprint density at radius 2 is 1.86 bits per heavy atom. The number of carbonyl (C=O) groups is 1. The largest absolute Gasteiger partial charge is 0.497 e. The van der Waals surface area contributed by atoms with Crippen molar-refractivity contribution in [3.05, 3.63) is 24.3 Å². The third-order valence-electron chi connectivity index (χ3n) is 4.45. The molecule has 1 aromatic rings. The van der Waals surface area contributed by atoms with Gasteiger partial charge in [-0.1, -0.05) is 6.92 Å². The molecule has 122 valence electrons. The van der Waals surface area contributed by atoms with Crippen LogP contribution in [0.4, 0.5) is 0 Å². The molecule has 5 heteroatoms. The molecule has 0 amide bonds. The molecule has 1 saturated heterocycles. The smallest absolute Gasteiger partial charge is 0.310 e. The quantitative estimate of drug-likeness (QED) is 0.839. The van der Waals surface area contributed by atoms with E-state index in [-0.39, 0.29) is 12.5 Å². The van der Waals surface area contributed by atoms with E-state index in [2.05, 4.69) is 11.8 Å². The van der Waals surface area contributed by atoms with Gasteiger partial charge in [0.2, 0.25) is 0 Å². The van der Waals surface area contributed by atoms with Crippen molar-refractivity contribution < 1.29 is 19.4 Å². The van der Waals surface area contributed by atoms with E-state index >= 15 is 0 Å². The zero-order chi connectivity index (χ0) is 15.9. The number of rotatable bonds is 7. The van der Waals surface area contributed by atoms with Crippen LogP contribution < -0.4 is 9.47 Å². The predicted molar refractivity (Wildman–Crippen MR) is 84.5 cm³/mol. The fourth-order valence-electron chi connectivity index (χ4n) is 2.94. The molecule has 0 saturated carbocycles. The molecule has 2 rings (SSSR count). The molecule has 1 N–H and O–H groups in total. The molecule has 1 atom stereocenters. The summed E-state index contributed by atoms with van der Waals surface area (Å²) < 4.78 is 10.8. The summed E-state index contributed by atoms with van der Waals surface area (Å²) in [5, 5.41) is 9.50. The fraction of sp³-hybridized carbons (Fsp3) is 0.588. The van der Waals surface area contributed by atoms with Crippen LogP contribution in [0.3, 0.4) is 0 Å². The van der Waals surface area contributed by atoms with Crippen LogP contribution in [0, 0.1) is 11.8 Å². The highest BCUT2D eigenvalue weighted by Gasteiger charge is 2.31. The molecular weight excluding hydrogens is 282 g/mol. The van der Waals surface area contributed by atoms with Crippen LogP contribution in [0.1, 0.15) is 19.8 Å². The molecule has 1 unspecified atom stereocenters. The minimum absolute atomic E-state index is 0.193. The zero-order valence-corrected chi connectivity index (χ0v) is 13.3. The third kappa shape index (κ3) is 4.37. The van der Waals surface area contributed by atoms with E-state index in [4.69, 9.17) is 9.47 Å². The number of hydrogen-bond acceptors (Lipinski definition) is 4. The molecule has 1 fully saturated rings. The van der Waals surface area contributed by atoms with Crippen molar-refractivity contribution >= 4 is 5.97 Å². The van der Waals surface area contributed by atoms with Crippen LogP contribution in [-0.2, 0) is 4.79 Å². The Balaban J connectivity index is 1.90. The number of nitrogens with zero attached hydrogens (tertiary/aromatic N) is 1. The Morgan fingerprint density at radius 3 is 2.36 bits per heavy atom. The normalized spacial score (nSPS) is 17.9. The molecule has 1 heterocycles. The number of piperidine rings is 1. The van der Waals surface area contributed by atoms with Gasteiger partial charge in [0.25, 0.3) is 0 Å². The Morgan fingerprint density at radius 1 is 1.27 bits per heavy atom. The van der Waals surface area contributed by atoms with E-state index in [1.54, 1.807) is 19.2 Å². The van der Waals surface area contributed by atoms with Crippen LogP contribution in [0.5, 0.6) is 11.5 Å². The van der Waals surface area contributed by atoms with Gasteiger partial charge in [-0.15, -0.1) is 0 Å². The van der Waals surface area contributed by atoms with Gasteiger partial charge in [0.1, 0.15) is 18.1 Å². The number of likely N-dealkylation sites (tertiary alicyclic amines) is 1. The molecule has 0 aromatic heterocycles. The predicted octanol–water partition coefficient (Wildman–Crippen LogP) is 2.51. The SMILES string of the molecule is CCN1CCC(C(COc2ccc(OC)cc2)C(=O)O)CC1. The Bertz CT molecular complexity index is 466. The monoisotopic (exact) mass is 307 g/mol. The first-order valence-electron chi connectivity index (χ1n) is 7.86. The zero-order valence-electron chi connectivity index (χ0n) is 13.3. The highest BCUT2D eigenvalue weighted by atomic mass is 16.5. The van der Waals surface area contributed by atoms with Gasteiger partial charge >= 0.3 is 5.97 Å². The molecule has 0 spiro atoms. The maximum Gasteiger partial charge on any atom is 0.310 e. The Labute approximate surface area is 131 Å². The van der Waals surface area contributed by atoms with Crippen molar-refractivity contribution in [3.63, 3.8) is 0 Å². The second-order valence-corrected chi connectivity index (χ2v) is 5.70. The summed E-state index contributed by atoms with van der Waals surface area (Å²) in [4.78, 5) is 13.9. The molecule has 1 aliphatic heterocycles. The van der Waals surface area contributed by atoms with Crippen molar-refractivity contribution in [1.29, 1.82) is 0 Å². The van der Waals surface area contributed by atoms with Crippen molar-refractivity contribution in [1.82, 2.24) is 4.90 Å². The lowest BCUT2D eigenvalue weighted by Gasteiger charge is -2.33. The van der Waals surface area contributed by atoms with Gasteiger partial charge in [0.15, 0.2) is 0 Å². The minimum Gasteiger partial charge on any atom is -0.497 e. The summed E-state index contributed by atoms with van der Waals surface area (Å²) >= 11 is 0. The van der Waals surface area contributed by atoms with Gasteiger partial charge < -0.3 is 19.5 Å². The molecule has 0 radical (unpaired) electrons. The highest BCUT2D eigenvalue weighted by molar-refractivity contribution is 5.70. The maximum atomic E-state index is 11.6. The van der Waals surface area contributed by atoms with E-state index in [1.807, 2.05) is 12.1 Å². The highest BCUT2D eigenvalue weighted by Crippen LogP contribution is 2.26. The van der Waals surface area contributed by atoms with E-state index < -0.39 is 11.9 Å². The van der Waals surface area contributed by atoms with Crippen molar-refractivity contribution in [2.75, 3.05) is 33.4 Å². The summed E-state index contributed by atoms with van der Waals surface area (Å²) in [7, 11) is 1.61. The van der Waals surface area contributed by atoms with Crippen molar-refractivity contribution in [2.45, 2.75) is 19.8 Å². The number of hydrogen-bond donors (Lipinski definition) is 1. The topological polar surface area (TPSA) is 59.0 Å². The van der Waals surface area contributed by atoms with Gasteiger partial charge in [0.05, 0.1) is 13.0 Å². The van der Waals surface area contributed by atoms with E-state index in [0.717, 1.165) is 38.2 Å². The van der Waals surface area contributed by atoms with Gasteiger partial charge in [-0.25, -0.2) is 0 Å². The summed E-state index contributed by atoms with van der Waals surface area (Å²) in [5.74, 6) is 0.426. The average molecular weight is 307 g/mol. The van der Waals surface area contributed by atoms with Gasteiger partial charge in [0, 0.05) is 0 Å². The first kappa shape index (κ1) is 16.6. The van der Waals surface area contributed by atoms with Crippen LogP contribution in [0.25, 0.3) is 0 Å². The molecule has 5 nitrogen and oxygen atoms in total. The summed E-state index contributed by atoms with van der Waals surface area (Å²) in [6.07, 6.45) is 1.85. The number of aliphatic carboxylic acids is 1. The Hall–Kier alpha value is -1.75. The number of ether oxygens (including phenoxy) is 2. The molecule has 0 bridgehead atoms. The van der Waals surface area contributed by atoms with Gasteiger partial charge in [-0.05, 0) is 62.7 Å². The first-order chi connectivity index (χ1) is 10.6. The summed E-state index contributed by atoms with van der Waals surface area (Å²) in [6, 6.07) is 7.23. The van der Waals surface area contributed by atoms with Crippen LogP contribution in [0.15, 0.2) is 24.3 Å². The minimum atomic E-state index is -0.761. The van der Waals surface area contributed by atoms with Crippen LogP contribution in [-0.4, -0.2) is 49.3 Å². The first-order valence-corrected chi connectivity index (χ1v) is 7.86. The van der Waals surface area contributed by atoms with E-state index in [0.29, 0.717) is 5.75 Å². The molecule has 0 aliphatic carbocycles. The van der Waals surface area contributed by atoms with Crippen LogP contribution >= 0.6 is 0 Å². The fourth-order valence-corrected chi connectivity index (χ4v) is 2.94. The average Bonchev–Trinajstić information content (AvgIpc) is 2.56. The molecular formula is C17H25NO4. The van der Waals surface area contributed by atoms with Crippen molar-refractivity contribution in [2.24, 2.45) is 11.8 Å². The lowest BCUT2D eigenvalue weighted by Crippen LogP contribution is -2.39. The second kappa shape index (κ2) is 8.03. The molecule has 1 aliphatic rings. The van der Waals surface area contributed by atoms with Gasteiger partial charge in [-0.2, -0.15) is 0 Å². The number of benzene rings is 1. The standard InChI is InChI=1S/C17H25NO4/c1-3-18-10-8-13(9-11-18)16(17(19)20)12-22-15-6-4-14(21-2)5-7-15/h4-7,13,16H,3,8-12H2,1-2H3,(H,19,20). The number of methoxy groups -OCH3 is 1. The lowest BCUT2D eigenvalue weighted by molar-refractivity contribution is -0.145. The molecule has 22 heavy (non-hydrogen) atoms. The maximum absolute atomic E-state index is 11.6. The van der Waals surface area contributed by atoms with Gasteiger partial charge in [-0.3, -0.25) is 4.79 Å². The van der Waals surface area contributed by atoms with Crippen molar-refractivity contribution in [3.8, 4) is 11.5 Å². The number of carboxylic acid groups (broad SMARTS) is 1. The van der Waals surface area contributed by atoms with Crippen LogP contribution in [0.2, 0.25) is 0 Å².